The number of likely N-dealkylation sites (tertiary alicyclic amines) is 1. The van der Waals surface area contributed by atoms with Gasteiger partial charge in [-0.3, -0.25) is 9.78 Å². The molecule has 2 aromatic rings. The van der Waals surface area contributed by atoms with Gasteiger partial charge in [-0.2, -0.15) is 0 Å². The predicted octanol–water partition coefficient (Wildman–Crippen LogP) is 1.37. The number of rotatable bonds is 4. The van der Waals surface area contributed by atoms with Crippen molar-refractivity contribution in [2.45, 2.75) is 13.0 Å². The SMILES string of the molecule is COc1cc(N2C[C@@H]3CCN(Cc4ccncc4)C(=O)[C@@H]3C2)ncn1. The van der Waals surface area contributed by atoms with E-state index in [-0.39, 0.29) is 11.8 Å². The highest BCUT2D eigenvalue weighted by Gasteiger charge is 2.43. The van der Waals surface area contributed by atoms with E-state index < -0.39 is 0 Å². The van der Waals surface area contributed by atoms with Crippen LogP contribution in [0.5, 0.6) is 5.88 Å². The average molecular weight is 339 g/mol. The topological polar surface area (TPSA) is 71.5 Å². The van der Waals surface area contributed by atoms with Crippen LogP contribution in [-0.2, 0) is 11.3 Å². The molecule has 2 aliphatic rings. The summed E-state index contributed by atoms with van der Waals surface area (Å²) in [5, 5.41) is 0. The molecular formula is C18H21N5O2. The Morgan fingerprint density at radius 3 is 2.88 bits per heavy atom. The van der Waals surface area contributed by atoms with Gasteiger partial charge >= 0.3 is 0 Å². The Kier molecular flexibility index (Phi) is 4.21. The lowest BCUT2D eigenvalue weighted by Gasteiger charge is -2.33. The van der Waals surface area contributed by atoms with Crippen LogP contribution in [0, 0.1) is 11.8 Å². The molecule has 0 unspecified atom stereocenters. The summed E-state index contributed by atoms with van der Waals surface area (Å²) in [7, 11) is 1.59. The van der Waals surface area contributed by atoms with Crippen molar-refractivity contribution in [2.75, 3.05) is 31.6 Å². The first-order valence-corrected chi connectivity index (χ1v) is 8.53. The molecule has 7 nitrogen and oxygen atoms in total. The second kappa shape index (κ2) is 6.66. The van der Waals surface area contributed by atoms with Gasteiger partial charge in [0.2, 0.25) is 11.8 Å². The minimum absolute atomic E-state index is 0.0385. The number of piperidine rings is 1. The maximum Gasteiger partial charge on any atom is 0.228 e. The quantitative estimate of drug-likeness (QED) is 0.838. The molecule has 25 heavy (non-hydrogen) atoms. The fourth-order valence-corrected chi connectivity index (χ4v) is 3.78. The predicted molar refractivity (Wildman–Crippen MR) is 92.0 cm³/mol. The molecule has 2 atom stereocenters. The van der Waals surface area contributed by atoms with Gasteiger partial charge in [0.05, 0.1) is 13.0 Å². The van der Waals surface area contributed by atoms with Crippen LogP contribution in [-0.4, -0.2) is 52.5 Å². The van der Waals surface area contributed by atoms with Gasteiger partial charge in [0.15, 0.2) is 0 Å². The Hall–Kier alpha value is -2.70. The van der Waals surface area contributed by atoms with Crippen LogP contribution in [0.1, 0.15) is 12.0 Å². The molecule has 1 amide bonds. The molecule has 0 aliphatic carbocycles. The van der Waals surface area contributed by atoms with Crippen molar-refractivity contribution in [1.29, 1.82) is 0 Å². The first-order chi connectivity index (χ1) is 12.2. The number of methoxy groups -OCH3 is 1. The fraction of sp³-hybridized carbons (Fsp3) is 0.444. The van der Waals surface area contributed by atoms with E-state index in [1.807, 2.05) is 23.1 Å². The Morgan fingerprint density at radius 1 is 1.24 bits per heavy atom. The summed E-state index contributed by atoms with van der Waals surface area (Å²) in [5.41, 5.74) is 1.12. The summed E-state index contributed by atoms with van der Waals surface area (Å²) < 4.78 is 5.18. The van der Waals surface area contributed by atoms with Gasteiger partial charge in [0, 0.05) is 44.6 Å². The Labute approximate surface area is 146 Å². The largest absolute Gasteiger partial charge is 0.481 e. The number of ether oxygens (including phenoxy) is 1. The molecule has 4 heterocycles. The van der Waals surface area contributed by atoms with Crippen molar-refractivity contribution in [3.8, 4) is 5.88 Å². The third-order valence-corrected chi connectivity index (χ3v) is 5.12. The van der Waals surface area contributed by atoms with E-state index in [2.05, 4.69) is 19.9 Å². The molecule has 2 aromatic heterocycles. The second-order valence-corrected chi connectivity index (χ2v) is 6.59. The molecule has 0 spiro atoms. The molecular weight excluding hydrogens is 318 g/mol. The molecule has 0 aromatic carbocycles. The average Bonchev–Trinajstić information content (AvgIpc) is 3.10. The van der Waals surface area contributed by atoms with E-state index in [9.17, 15) is 4.79 Å². The summed E-state index contributed by atoms with van der Waals surface area (Å²) in [4.78, 5) is 29.5. The standard InChI is InChI=1S/C18H21N5O2/c1-25-17-8-16(20-12-21-17)23-10-14-4-7-22(18(24)15(14)11-23)9-13-2-5-19-6-3-13/h2-3,5-6,8,12,14-15H,4,7,9-11H2,1H3/t14-,15+/m0/s1. The van der Waals surface area contributed by atoms with Crippen LogP contribution in [0.3, 0.4) is 0 Å². The third kappa shape index (κ3) is 3.14. The number of anilines is 1. The van der Waals surface area contributed by atoms with E-state index in [0.29, 0.717) is 24.9 Å². The molecule has 0 radical (unpaired) electrons. The monoisotopic (exact) mass is 339 g/mol. The van der Waals surface area contributed by atoms with Crippen molar-refractivity contribution in [3.05, 3.63) is 42.5 Å². The summed E-state index contributed by atoms with van der Waals surface area (Å²) in [5.74, 6) is 2.05. The maximum absolute atomic E-state index is 12.9. The van der Waals surface area contributed by atoms with E-state index in [4.69, 9.17) is 4.74 Å². The first kappa shape index (κ1) is 15.8. The number of hydrogen-bond donors (Lipinski definition) is 0. The lowest BCUT2D eigenvalue weighted by molar-refractivity contribution is -0.140. The number of nitrogens with zero attached hydrogens (tertiary/aromatic N) is 5. The van der Waals surface area contributed by atoms with Gasteiger partial charge in [-0.15, -0.1) is 0 Å². The number of fused-ring (bicyclic) bond motifs is 1. The van der Waals surface area contributed by atoms with Crippen LogP contribution in [0.25, 0.3) is 0 Å². The molecule has 2 saturated heterocycles. The lowest BCUT2D eigenvalue weighted by atomic mass is 9.88. The summed E-state index contributed by atoms with van der Waals surface area (Å²) in [6, 6.07) is 5.76. The Balaban J connectivity index is 1.46. The minimum Gasteiger partial charge on any atom is -0.481 e. The molecule has 4 rings (SSSR count). The first-order valence-electron chi connectivity index (χ1n) is 8.53. The van der Waals surface area contributed by atoms with Crippen molar-refractivity contribution >= 4 is 11.7 Å². The minimum atomic E-state index is 0.0385. The smallest absolute Gasteiger partial charge is 0.228 e. The van der Waals surface area contributed by atoms with Crippen LogP contribution >= 0.6 is 0 Å². The highest BCUT2D eigenvalue weighted by molar-refractivity contribution is 5.81. The van der Waals surface area contributed by atoms with Gasteiger partial charge in [0.1, 0.15) is 12.1 Å². The van der Waals surface area contributed by atoms with Crippen molar-refractivity contribution < 1.29 is 9.53 Å². The summed E-state index contributed by atoms with van der Waals surface area (Å²) in [6.45, 7) is 3.03. The molecule has 130 valence electrons. The summed E-state index contributed by atoms with van der Waals surface area (Å²) >= 11 is 0. The highest BCUT2D eigenvalue weighted by Crippen LogP contribution is 2.35. The number of pyridine rings is 1. The zero-order valence-electron chi connectivity index (χ0n) is 14.2. The zero-order chi connectivity index (χ0) is 17.2. The molecule has 2 aliphatic heterocycles. The van der Waals surface area contributed by atoms with Crippen LogP contribution < -0.4 is 9.64 Å². The zero-order valence-corrected chi connectivity index (χ0v) is 14.2. The number of carbonyl (C=O) groups excluding carboxylic acids is 1. The third-order valence-electron chi connectivity index (χ3n) is 5.12. The van der Waals surface area contributed by atoms with Gasteiger partial charge < -0.3 is 14.5 Å². The van der Waals surface area contributed by atoms with Crippen molar-refractivity contribution in [2.24, 2.45) is 11.8 Å². The van der Waals surface area contributed by atoms with E-state index in [1.54, 1.807) is 19.5 Å². The maximum atomic E-state index is 12.9. The highest BCUT2D eigenvalue weighted by atomic mass is 16.5. The van der Waals surface area contributed by atoms with E-state index in [0.717, 1.165) is 30.9 Å². The molecule has 0 bridgehead atoms. The fourth-order valence-electron chi connectivity index (χ4n) is 3.78. The van der Waals surface area contributed by atoms with Crippen molar-refractivity contribution in [1.82, 2.24) is 19.9 Å². The Morgan fingerprint density at radius 2 is 2.08 bits per heavy atom. The van der Waals surface area contributed by atoms with Crippen molar-refractivity contribution in [3.63, 3.8) is 0 Å². The van der Waals surface area contributed by atoms with E-state index in [1.165, 1.54) is 6.33 Å². The molecule has 7 heteroatoms. The van der Waals surface area contributed by atoms with Gasteiger partial charge in [-0.05, 0) is 30.0 Å². The molecule has 0 saturated carbocycles. The van der Waals surface area contributed by atoms with Crippen LogP contribution in [0.4, 0.5) is 5.82 Å². The lowest BCUT2D eigenvalue weighted by Crippen LogP contribution is -2.44. The Bertz CT molecular complexity index is 754. The van der Waals surface area contributed by atoms with E-state index >= 15 is 0 Å². The number of hydrogen-bond acceptors (Lipinski definition) is 6. The summed E-state index contributed by atoms with van der Waals surface area (Å²) in [6.07, 6.45) is 6.08. The van der Waals surface area contributed by atoms with Crippen LogP contribution in [0.15, 0.2) is 36.9 Å². The number of amides is 1. The molecule has 0 N–H and O–H groups in total. The van der Waals surface area contributed by atoms with Gasteiger partial charge in [-0.25, -0.2) is 9.97 Å². The number of aromatic nitrogens is 3. The van der Waals surface area contributed by atoms with Gasteiger partial charge in [-0.1, -0.05) is 0 Å². The number of carbonyl (C=O) groups is 1. The van der Waals surface area contributed by atoms with Crippen LogP contribution in [0.2, 0.25) is 0 Å². The second-order valence-electron chi connectivity index (χ2n) is 6.59. The van der Waals surface area contributed by atoms with Gasteiger partial charge in [0.25, 0.3) is 0 Å². The normalized spacial score (nSPS) is 22.8. The molecule has 2 fully saturated rings.